The van der Waals surface area contributed by atoms with Crippen LogP contribution in [0, 0.1) is 0 Å². The molecule has 0 atom stereocenters. The average molecular weight is 367 g/mol. The first kappa shape index (κ1) is 25.2. The van der Waals surface area contributed by atoms with E-state index in [-0.39, 0.29) is 0 Å². The van der Waals surface area contributed by atoms with E-state index in [1.54, 1.807) is 6.92 Å². The van der Waals surface area contributed by atoms with E-state index in [4.69, 9.17) is 0 Å². The smallest absolute Gasteiger partial charge is 0.331 e. The summed E-state index contributed by atoms with van der Waals surface area (Å²) in [6, 6.07) is 0. The number of unbranched alkanes of at least 4 members (excludes halogenated alkanes) is 14. The number of aliphatic carboxylic acids is 1. The van der Waals surface area contributed by atoms with E-state index < -0.39 is 5.97 Å². The van der Waals surface area contributed by atoms with Gasteiger partial charge in [0, 0.05) is 5.57 Å². The minimum absolute atomic E-state index is 0.606. The largest absolute Gasteiger partial charge is 0.478 e. The van der Waals surface area contributed by atoms with E-state index in [2.05, 4.69) is 13.8 Å². The van der Waals surface area contributed by atoms with Crippen molar-refractivity contribution < 1.29 is 9.90 Å². The van der Waals surface area contributed by atoms with E-state index in [0.717, 1.165) is 25.7 Å². The maximum absolute atomic E-state index is 11.3. The van der Waals surface area contributed by atoms with Crippen LogP contribution in [0.5, 0.6) is 0 Å². The van der Waals surface area contributed by atoms with Gasteiger partial charge in [0.1, 0.15) is 0 Å². The highest BCUT2D eigenvalue weighted by Crippen LogP contribution is 2.22. The molecule has 0 heterocycles. The number of carbonyl (C=O) groups is 1. The quantitative estimate of drug-likeness (QED) is 0.184. The molecule has 2 nitrogen and oxygen atoms in total. The van der Waals surface area contributed by atoms with Crippen molar-refractivity contribution >= 4 is 5.97 Å². The summed E-state index contributed by atoms with van der Waals surface area (Å²) < 4.78 is 0. The molecule has 0 amide bonds. The zero-order chi connectivity index (χ0) is 19.5. The minimum atomic E-state index is -0.724. The third-order valence-corrected chi connectivity index (χ3v) is 5.52. The summed E-state index contributed by atoms with van der Waals surface area (Å²) in [5.74, 6) is -0.724. The molecule has 0 aliphatic heterocycles. The second-order valence-corrected chi connectivity index (χ2v) is 7.98. The van der Waals surface area contributed by atoms with Crippen molar-refractivity contribution in [2.75, 3.05) is 0 Å². The van der Waals surface area contributed by atoms with Crippen LogP contribution in [-0.4, -0.2) is 11.1 Å². The molecule has 0 fully saturated rings. The molecule has 154 valence electrons. The molecule has 0 spiro atoms. The van der Waals surface area contributed by atoms with Crippen LogP contribution >= 0.6 is 0 Å². The summed E-state index contributed by atoms with van der Waals surface area (Å²) >= 11 is 0. The molecular weight excluding hydrogens is 320 g/mol. The molecule has 0 rings (SSSR count). The van der Waals surface area contributed by atoms with Gasteiger partial charge in [-0.2, -0.15) is 0 Å². The topological polar surface area (TPSA) is 37.3 Å². The summed E-state index contributed by atoms with van der Waals surface area (Å²) in [6.07, 6.45) is 22.9. The lowest BCUT2D eigenvalue weighted by Gasteiger charge is -2.10. The Balaban J connectivity index is 3.86. The second kappa shape index (κ2) is 19.0. The van der Waals surface area contributed by atoms with Crippen molar-refractivity contribution in [3.05, 3.63) is 11.1 Å². The third kappa shape index (κ3) is 15.5. The van der Waals surface area contributed by atoms with Crippen LogP contribution in [0.3, 0.4) is 0 Å². The Morgan fingerprint density at radius 1 is 0.577 bits per heavy atom. The number of hydrogen-bond donors (Lipinski definition) is 1. The number of hydrogen-bond acceptors (Lipinski definition) is 1. The van der Waals surface area contributed by atoms with Gasteiger partial charge in [-0.1, -0.05) is 109 Å². The number of rotatable bonds is 19. The fraction of sp³-hybridized carbons (Fsp3) is 0.875. The van der Waals surface area contributed by atoms with Gasteiger partial charge in [-0.25, -0.2) is 4.79 Å². The molecule has 0 aromatic carbocycles. The van der Waals surface area contributed by atoms with Gasteiger partial charge < -0.3 is 5.11 Å². The Morgan fingerprint density at radius 3 is 1.19 bits per heavy atom. The summed E-state index contributed by atoms with van der Waals surface area (Å²) in [7, 11) is 0. The highest BCUT2D eigenvalue weighted by Gasteiger charge is 2.09. The van der Waals surface area contributed by atoms with Crippen molar-refractivity contribution in [1.82, 2.24) is 0 Å². The van der Waals surface area contributed by atoms with Crippen molar-refractivity contribution in [3.63, 3.8) is 0 Å². The summed E-state index contributed by atoms with van der Waals surface area (Å²) in [5.41, 5.74) is 1.81. The van der Waals surface area contributed by atoms with Crippen molar-refractivity contribution in [2.24, 2.45) is 0 Å². The maximum atomic E-state index is 11.3. The predicted octanol–water partition coefficient (Wildman–Crippen LogP) is 8.45. The molecule has 0 aromatic heterocycles. The first-order valence-electron chi connectivity index (χ1n) is 11.5. The lowest BCUT2D eigenvalue weighted by molar-refractivity contribution is -0.132. The van der Waals surface area contributed by atoms with Gasteiger partial charge in [0.25, 0.3) is 0 Å². The van der Waals surface area contributed by atoms with Gasteiger partial charge in [0.2, 0.25) is 0 Å². The van der Waals surface area contributed by atoms with Crippen LogP contribution in [0.1, 0.15) is 136 Å². The summed E-state index contributed by atoms with van der Waals surface area (Å²) in [6.45, 7) is 6.30. The first-order valence-corrected chi connectivity index (χ1v) is 11.5. The van der Waals surface area contributed by atoms with E-state index in [1.165, 1.54) is 95.5 Å². The fourth-order valence-corrected chi connectivity index (χ4v) is 3.60. The van der Waals surface area contributed by atoms with Crippen molar-refractivity contribution in [1.29, 1.82) is 0 Å². The molecule has 0 saturated carbocycles. The highest BCUT2D eigenvalue weighted by molar-refractivity contribution is 5.86. The minimum Gasteiger partial charge on any atom is -0.478 e. The average Bonchev–Trinajstić information content (AvgIpc) is 2.63. The molecule has 0 radical (unpaired) electrons. The van der Waals surface area contributed by atoms with Gasteiger partial charge in [-0.3, -0.25) is 0 Å². The van der Waals surface area contributed by atoms with Gasteiger partial charge in [0.15, 0.2) is 0 Å². The zero-order valence-electron chi connectivity index (χ0n) is 18.1. The lowest BCUT2D eigenvalue weighted by atomic mass is 9.95. The van der Waals surface area contributed by atoms with E-state index >= 15 is 0 Å². The normalized spacial score (nSPS) is 12.3. The fourth-order valence-electron chi connectivity index (χ4n) is 3.60. The Hall–Kier alpha value is -0.790. The van der Waals surface area contributed by atoms with Crippen LogP contribution in [0.4, 0.5) is 0 Å². The Kier molecular flexibility index (Phi) is 18.4. The van der Waals surface area contributed by atoms with Gasteiger partial charge in [-0.15, -0.1) is 0 Å². The van der Waals surface area contributed by atoms with Crippen LogP contribution < -0.4 is 0 Å². The Labute approximate surface area is 163 Å². The zero-order valence-corrected chi connectivity index (χ0v) is 18.1. The first-order chi connectivity index (χ1) is 12.6. The highest BCUT2D eigenvalue weighted by atomic mass is 16.4. The van der Waals surface area contributed by atoms with Crippen LogP contribution in [-0.2, 0) is 4.79 Å². The molecule has 1 N–H and O–H groups in total. The standard InChI is InChI=1S/C24H46O2/c1-4-6-8-10-12-13-14-15-17-19-21-23(22(3)24(25)26)20-18-16-11-9-7-5-2/h4-21H2,1-3H3,(H,25,26)/b23-22-. The molecule has 0 aliphatic carbocycles. The number of allylic oxidation sites excluding steroid dienone is 1. The van der Waals surface area contributed by atoms with Crippen molar-refractivity contribution in [2.45, 2.75) is 136 Å². The molecule has 0 bridgehead atoms. The van der Waals surface area contributed by atoms with Gasteiger partial charge in [0.05, 0.1) is 0 Å². The van der Waals surface area contributed by atoms with Crippen molar-refractivity contribution in [3.8, 4) is 0 Å². The predicted molar refractivity (Wildman–Crippen MR) is 115 cm³/mol. The molecule has 26 heavy (non-hydrogen) atoms. The number of carboxylic acid groups (broad SMARTS) is 1. The SMILES string of the molecule is CCCCCCCCCCCC/C(CCCCCCCC)=C(/C)C(=O)O. The monoisotopic (exact) mass is 366 g/mol. The Bertz CT molecular complexity index is 357. The summed E-state index contributed by atoms with van der Waals surface area (Å²) in [5, 5.41) is 9.33. The molecule has 0 aromatic rings. The molecule has 0 saturated heterocycles. The van der Waals surface area contributed by atoms with Gasteiger partial charge >= 0.3 is 5.97 Å². The molecule has 0 unspecified atom stereocenters. The number of carboxylic acids is 1. The van der Waals surface area contributed by atoms with E-state index in [1.807, 2.05) is 0 Å². The second-order valence-electron chi connectivity index (χ2n) is 7.98. The maximum Gasteiger partial charge on any atom is 0.331 e. The Morgan fingerprint density at radius 2 is 0.885 bits per heavy atom. The van der Waals surface area contributed by atoms with Crippen LogP contribution in [0.2, 0.25) is 0 Å². The summed E-state index contributed by atoms with van der Waals surface area (Å²) in [4.78, 5) is 11.3. The lowest BCUT2D eigenvalue weighted by Crippen LogP contribution is -2.02. The van der Waals surface area contributed by atoms with Gasteiger partial charge in [-0.05, 0) is 32.6 Å². The third-order valence-electron chi connectivity index (χ3n) is 5.52. The van der Waals surface area contributed by atoms with E-state index in [9.17, 15) is 9.90 Å². The van der Waals surface area contributed by atoms with E-state index in [0.29, 0.717) is 5.57 Å². The van der Waals surface area contributed by atoms with Crippen LogP contribution in [0.15, 0.2) is 11.1 Å². The molecule has 0 aliphatic rings. The molecule has 2 heteroatoms. The van der Waals surface area contributed by atoms with Crippen LogP contribution in [0.25, 0.3) is 0 Å². The molecular formula is C24H46O2.